The molecule has 1 aliphatic carbocycles. The molecule has 1 aliphatic heterocycles. The summed E-state index contributed by atoms with van der Waals surface area (Å²) in [4.78, 5) is 17.3. The summed E-state index contributed by atoms with van der Waals surface area (Å²) in [6.07, 6.45) is 0.209. The fourth-order valence-corrected chi connectivity index (χ4v) is 7.77. The molecule has 2 atom stereocenters. The number of carbonyl (C=O) groups is 1. The molecule has 2 heterocycles. The van der Waals surface area contributed by atoms with Gasteiger partial charge in [0.25, 0.3) is 5.91 Å². The van der Waals surface area contributed by atoms with Gasteiger partial charge in [0.15, 0.2) is 9.84 Å². The number of hydrogen-bond acceptors (Lipinski definition) is 6. The van der Waals surface area contributed by atoms with Crippen molar-refractivity contribution in [3.05, 3.63) is 63.6 Å². The van der Waals surface area contributed by atoms with E-state index in [4.69, 9.17) is 4.74 Å². The van der Waals surface area contributed by atoms with Crippen molar-refractivity contribution in [2.24, 2.45) is 17.8 Å². The van der Waals surface area contributed by atoms with Gasteiger partial charge >= 0.3 is 6.18 Å². The predicted molar refractivity (Wildman–Crippen MR) is 157 cm³/mol. The Hall–Kier alpha value is -2.97. The second-order valence-electron chi connectivity index (χ2n) is 11.2. The van der Waals surface area contributed by atoms with E-state index < -0.39 is 28.0 Å². The maximum atomic E-state index is 13.4. The van der Waals surface area contributed by atoms with E-state index in [0.29, 0.717) is 29.8 Å². The van der Waals surface area contributed by atoms with Crippen LogP contribution in [-0.4, -0.2) is 38.3 Å². The zero-order valence-electron chi connectivity index (χ0n) is 24.2. The Labute approximate surface area is 250 Å². The highest BCUT2D eigenvalue weighted by atomic mass is 32.2. The minimum absolute atomic E-state index is 0.00246. The third-order valence-corrected chi connectivity index (χ3v) is 10.9. The number of alkyl halides is 3. The van der Waals surface area contributed by atoms with E-state index >= 15 is 0 Å². The zero-order valence-corrected chi connectivity index (χ0v) is 25.8. The smallest absolute Gasteiger partial charge is 0.391 e. The van der Waals surface area contributed by atoms with Crippen LogP contribution in [0.25, 0.3) is 0 Å². The van der Waals surface area contributed by atoms with Gasteiger partial charge in [-0.3, -0.25) is 4.79 Å². The van der Waals surface area contributed by atoms with Crippen molar-refractivity contribution in [1.29, 1.82) is 0 Å². The van der Waals surface area contributed by atoms with Crippen LogP contribution in [-0.2, 0) is 21.1 Å². The van der Waals surface area contributed by atoms with E-state index in [1.165, 1.54) is 24.7 Å². The molecular weight excluding hydrogens is 585 g/mol. The fraction of sp³-hybridized carbons (Fsp3) is 0.516. The summed E-state index contributed by atoms with van der Waals surface area (Å²) in [6, 6.07) is 11.0. The van der Waals surface area contributed by atoms with Gasteiger partial charge in [-0.05, 0) is 67.0 Å². The molecule has 1 aromatic carbocycles. The lowest BCUT2D eigenvalue weighted by Gasteiger charge is -2.28. The first-order valence-corrected chi connectivity index (χ1v) is 16.6. The summed E-state index contributed by atoms with van der Waals surface area (Å²) < 4.78 is 68.5. The summed E-state index contributed by atoms with van der Waals surface area (Å²) in [7, 11) is -1.84. The van der Waals surface area contributed by atoms with Crippen LogP contribution in [0.3, 0.4) is 0 Å². The van der Waals surface area contributed by atoms with Gasteiger partial charge in [0.05, 0.1) is 53.4 Å². The average molecular weight is 623 g/mol. The van der Waals surface area contributed by atoms with Gasteiger partial charge in [0.1, 0.15) is 0 Å². The Morgan fingerprint density at radius 1 is 1.19 bits per heavy atom. The van der Waals surface area contributed by atoms with Crippen molar-refractivity contribution < 1.29 is 31.1 Å². The molecule has 1 fully saturated rings. The SMILES string of the molecule is CCS(=O)(=O)c1ccc([C@H](/C=C/OC)NC(=O)c2cc3c(s2)[C@H](C(C)C)N(C#CC2CCC(C(F)(F)F)CC2)C3)cc1. The van der Waals surface area contributed by atoms with E-state index in [-0.39, 0.29) is 47.3 Å². The Morgan fingerprint density at radius 3 is 2.43 bits per heavy atom. The molecule has 4 rings (SSSR count). The van der Waals surface area contributed by atoms with Gasteiger partial charge in [-0.15, -0.1) is 11.3 Å². The molecule has 0 saturated heterocycles. The Kier molecular flexibility index (Phi) is 9.99. The van der Waals surface area contributed by atoms with E-state index in [9.17, 15) is 26.4 Å². The van der Waals surface area contributed by atoms with Crippen LogP contribution in [0.2, 0.25) is 0 Å². The number of sulfone groups is 1. The molecule has 1 saturated carbocycles. The van der Waals surface area contributed by atoms with Crippen molar-refractivity contribution in [1.82, 2.24) is 10.2 Å². The molecule has 2 aliphatic rings. The monoisotopic (exact) mass is 622 g/mol. The maximum Gasteiger partial charge on any atom is 0.391 e. The highest BCUT2D eigenvalue weighted by Gasteiger charge is 2.41. The third-order valence-electron chi connectivity index (χ3n) is 7.92. The van der Waals surface area contributed by atoms with Crippen LogP contribution in [0.4, 0.5) is 13.2 Å². The third kappa shape index (κ3) is 7.32. The maximum absolute atomic E-state index is 13.4. The van der Waals surface area contributed by atoms with Gasteiger partial charge in [0.2, 0.25) is 0 Å². The molecule has 228 valence electrons. The Morgan fingerprint density at radius 2 is 1.86 bits per heavy atom. The molecule has 6 nitrogen and oxygen atoms in total. The minimum atomic E-state index is -4.13. The standard InChI is InChI=1S/C31H37F3N2O4S2/c1-5-42(38,39)25-12-8-22(9-13-25)26(15-17-40-4)35-30(37)27-18-23-19-36(28(20(2)3)29(23)41-27)16-14-21-6-10-24(11-7-21)31(32,33)34/h8-9,12-13,15,17-18,20-21,24,26,28H,5-7,10-11,19H2,1-4H3,(H,35,37)/b17-15+/t21?,24?,26-,28-/m0/s1. The summed E-state index contributed by atoms with van der Waals surface area (Å²) in [6.45, 7) is 6.33. The molecule has 0 spiro atoms. The Balaban J connectivity index is 1.47. The highest BCUT2D eigenvalue weighted by Crippen LogP contribution is 2.44. The summed E-state index contributed by atoms with van der Waals surface area (Å²) in [5.41, 5.74) is 1.73. The molecule has 11 heteroatoms. The van der Waals surface area contributed by atoms with E-state index in [2.05, 4.69) is 36.0 Å². The second-order valence-corrected chi connectivity index (χ2v) is 14.5. The minimum Gasteiger partial charge on any atom is -0.505 e. The van der Waals surface area contributed by atoms with E-state index in [1.54, 1.807) is 37.3 Å². The number of halogens is 3. The van der Waals surface area contributed by atoms with E-state index in [1.807, 2.05) is 6.07 Å². The molecule has 42 heavy (non-hydrogen) atoms. The zero-order chi connectivity index (χ0) is 30.7. The number of benzene rings is 1. The molecular formula is C31H37F3N2O4S2. The number of ether oxygens (including phenoxy) is 1. The number of nitrogens with one attached hydrogen (secondary N) is 1. The molecule has 0 radical (unpaired) electrons. The van der Waals surface area contributed by atoms with Crippen LogP contribution < -0.4 is 5.32 Å². The fourth-order valence-electron chi connectivity index (χ4n) is 5.52. The first-order chi connectivity index (χ1) is 19.8. The van der Waals surface area contributed by atoms with Gasteiger partial charge in [-0.25, -0.2) is 8.42 Å². The van der Waals surface area contributed by atoms with Crippen molar-refractivity contribution in [2.75, 3.05) is 12.9 Å². The van der Waals surface area contributed by atoms with Crippen molar-refractivity contribution in [3.8, 4) is 12.0 Å². The average Bonchev–Trinajstić information content (AvgIpc) is 3.51. The van der Waals surface area contributed by atoms with Crippen molar-refractivity contribution in [2.45, 2.75) is 76.2 Å². The number of carbonyl (C=O) groups excluding carboxylic acids is 1. The topological polar surface area (TPSA) is 75.7 Å². The highest BCUT2D eigenvalue weighted by molar-refractivity contribution is 7.91. The molecule has 1 N–H and O–H groups in total. The lowest BCUT2D eigenvalue weighted by Crippen LogP contribution is -2.27. The molecule has 2 aromatic rings. The molecule has 1 aromatic heterocycles. The first-order valence-electron chi connectivity index (χ1n) is 14.1. The number of fused-ring (bicyclic) bond motifs is 1. The Bertz CT molecular complexity index is 1450. The normalized spacial score (nSPS) is 21.6. The number of hydrogen-bond donors (Lipinski definition) is 1. The van der Waals surface area contributed by atoms with Crippen LogP contribution in [0.5, 0.6) is 0 Å². The van der Waals surface area contributed by atoms with Gasteiger partial charge in [-0.2, -0.15) is 13.2 Å². The van der Waals surface area contributed by atoms with Gasteiger partial charge < -0.3 is 15.0 Å². The second kappa shape index (κ2) is 13.1. The lowest BCUT2D eigenvalue weighted by molar-refractivity contribution is -0.183. The number of thiophene rings is 1. The van der Waals surface area contributed by atoms with Crippen LogP contribution >= 0.6 is 11.3 Å². The number of nitrogens with zero attached hydrogens (tertiary/aromatic N) is 1. The van der Waals surface area contributed by atoms with Crippen molar-refractivity contribution >= 4 is 27.1 Å². The van der Waals surface area contributed by atoms with Gasteiger partial charge in [0, 0.05) is 16.8 Å². The lowest BCUT2D eigenvalue weighted by atomic mass is 9.82. The first kappa shape index (κ1) is 32.0. The number of amides is 1. The molecule has 1 amide bonds. The van der Waals surface area contributed by atoms with Crippen LogP contribution in [0, 0.1) is 29.7 Å². The molecule has 0 bridgehead atoms. The van der Waals surface area contributed by atoms with Gasteiger partial charge in [-0.1, -0.05) is 38.8 Å². The summed E-state index contributed by atoms with van der Waals surface area (Å²) in [5, 5.41) is 3.02. The summed E-state index contributed by atoms with van der Waals surface area (Å²) >= 11 is 1.42. The summed E-state index contributed by atoms with van der Waals surface area (Å²) in [5.74, 6) is 1.94. The largest absolute Gasteiger partial charge is 0.505 e. The number of methoxy groups -OCH3 is 1. The number of rotatable bonds is 8. The van der Waals surface area contributed by atoms with E-state index in [0.717, 1.165) is 10.4 Å². The predicted octanol–water partition coefficient (Wildman–Crippen LogP) is 7.02. The quantitative estimate of drug-likeness (QED) is 0.253. The molecule has 0 unspecified atom stereocenters. The van der Waals surface area contributed by atoms with Crippen molar-refractivity contribution in [3.63, 3.8) is 0 Å². The van der Waals surface area contributed by atoms with Crippen LogP contribution in [0.15, 0.2) is 47.6 Å². The van der Waals surface area contributed by atoms with Crippen LogP contribution in [0.1, 0.15) is 84.2 Å².